The largest absolute Gasteiger partial charge is 0.437 e. The zero-order chi connectivity index (χ0) is 20.8. The van der Waals surface area contributed by atoms with E-state index in [1.807, 2.05) is 25.1 Å². The van der Waals surface area contributed by atoms with E-state index in [1.54, 1.807) is 30.5 Å². The van der Waals surface area contributed by atoms with Crippen LogP contribution in [0.3, 0.4) is 0 Å². The van der Waals surface area contributed by atoms with Crippen molar-refractivity contribution in [3.63, 3.8) is 0 Å². The van der Waals surface area contributed by atoms with Crippen molar-refractivity contribution in [2.75, 3.05) is 6.54 Å². The lowest BCUT2D eigenvalue weighted by molar-refractivity contribution is -0.119. The van der Waals surface area contributed by atoms with E-state index in [9.17, 15) is 9.59 Å². The fourth-order valence-electron chi connectivity index (χ4n) is 2.67. The summed E-state index contributed by atoms with van der Waals surface area (Å²) in [6, 6.07) is 8.47. The molecule has 1 heterocycles. The van der Waals surface area contributed by atoms with Gasteiger partial charge in [0.2, 0.25) is 11.8 Å². The summed E-state index contributed by atoms with van der Waals surface area (Å²) in [7, 11) is 0. The van der Waals surface area contributed by atoms with Crippen molar-refractivity contribution >= 4 is 29.5 Å². The summed E-state index contributed by atoms with van der Waals surface area (Å²) in [5.41, 5.74) is 1.38. The Morgan fingerprint density at radius 3 is 2.72 bits per heavy atom. The van der Waals surface area contributed by atoms with Gasteiger partial charge in [-0.2, -0.15) is 0 Å². The lowest BCUT2D eigenvalue weighted by atomic mass is 10.2. The summed E-state index contributed by atoms with van der Waals surface area (Å²) < 4.78 is 5.73. The molecule has 0 bridgehead atoms. The molecule has 1 aliphatic rings. The maximum Gasteiger partial charge on any atom is 0.251 e. The van der Waals surface area contributed by atoms with Crippen LogP contribution in [0.5, 0.6) is 11.6 Å². The Morgan fingerprint density at radius 2 is 2.10 bits per heavy atom. The highest BCUT2D eigenvalue weighted by molar-refractivity contribution is 6.32. The number of ether oxygens (including phenoxy) is 1. The Labute approximate surface area is 175 Å². The van der Waals surface area contributed by atoms with Gasteiger partial charge in [0, 0.05) is 37.3 Å². The fourth-order valence-corrected chi connectivity index (χ4v) is 2.89. The molecule has 0 spiro atoms. The predicted octanol–water partition coefficient (Wildman–Crippen LogP) is 4.20. The Balaban J connectivity index is 1.58. The topological polar surface area (TPSA) is 80.3 Å². The number of carbonyl (C=O) groups excluding carboxylic acids is 2. The van der Waals surface area contributed by atoms with E-state index in [0.717, 1.165) is 5.56 Å². The summed E-state index contributed by atoms with van der Waals surface area (Å²) in [6.45, 7) is 4.08. The molecule has 1 fully saturated rings. The standard InChI is InChI=1S/C22H24ClN3O3/c1-14(26-15(2)27)3-4-16-7-10-21(24-12-16)29-20-9-8-18(11-19(20)23)22(28)25-13-17-5-6-17/h3-4,7-12,14,17H,5-6,13H2,1-2H3,(H,25,28)(H,26,27)/b4-3+/t14-/m0/s1. The van der Waals surface area contributed by atoms with Gasteiger partial charge in [-0.15, -0.1) is 0 Å². The Hall–Kier alpha value is -2.86. The second kappa shape index (κ2) is 9.56. The summed E-state index contributed by atoms with van der Waals surface area (Å²) in [5.74, 6) is 1.24. The third kappa shape index (κ3) is 6.61. The van der Waals surface area contributed by atoms with Gasteiger partial charge in [-0.1, -0.05) is 23.8 Å². The lowest BCUT2D eigenvalue weighted by Crippen LogP contribution is -2.28. The quantitative estimate of drug-likeness (QED) is 0.679. The first-order valence-electron chi connectivity index (χ1n) is 9.57. The maximum atomic E-state index is 12.2. The summed E-state index contributed by atoms with van der Waals surface area (Å²) in [5, 5.41) is 6.04. The van der Waals surface area contributed by atoms with E-state index in [1.165, 1.54) is 19.8 Å². The van der Waals surface area contributed by atoms with E-state index in [0.29, 0.717) is 34.7 Å². The normalized spacial score (nSPS) is 14.4. The van der Waals surface area contributed by atoms with Crippen LogP contribution >= 0.6 is 11.6 Å². The van der Waals surface area contributed by atoms with Crippen LogP contribution in [0.1, 0.15) is 42.6 Å². The highest BCUT2D eigenvalue weighted by Gasteiger charge is 2.22. The average molecular weight is 414 g/mol. The molecule has 2 amide bonds. The molecule has 0 unspecified atom stereocenters. The van der Waals surface area contributed by atoms with Gasteiger partial charge < -0.3 is 15.4 Å². The summed E-state index contributed by atoms with van der Waals surface area (Å²) >= 11 is 6.28. The first-order chi connectivity index (χ1) is 13.9. The van der Waals surface area contributed by atoms with Crippen molar-refractivity contribution in [1.29, 1.82) is 0 Å². The van der Waals surface area contributed by atoms with Gasteiger partial charge in [-0.25, -0.2) is 4.98 Å². The molecule has 152 valence electrons. The Bertz CT molecular complexity index is 908. The van der Waals surface area contributed by atoms with Gasteiger partial charge in [-0.05, 0) is 55.5 Å². The molecule has 7 heteroatoms. The van der Waals surface area contributed by atoms with Gasteiger partial charge in [0.25, 0.3) is 5.91 Å². The number of carbonyl (C=O) groups is 2. The first kappa shape index (κ1) is 20.9. The van der Waals surface area contributed by atoms with Gasteiger partial charge >= 0.3 is 0 Å². The highest BCUT2D eigenvalue weighted by atomic mass is 35.5. The van der Waals surface area contributed by atoms with Crippen LogP contribution in [0.2, 0.25) is 5.02 Å². The first-order valence-corrected chi connectivity index (χ1v) is 9.95. The molecule has 29 heavy (non-hydrogen) atoms. The Kier molecular flexibility index (Phi) is 6.88. The van der Waals surface area contributed by atoms with Crippen LogP contribution in [0.25, 0.3) is 6.08 Å². The van der Waals surface area contributed by atoms with E-state index < -0.39 is 0 Å². The smallest absolute Gasteiger partial charge is 0.251 e. The molecule has 2 N–H and O–H groups in total. The minimum absolute atomic E-state index is 0.0674. The van der Waals surface area contributed by atoms with Crippen molar-refractivity contribution in [2.24, 2.45) is 5.92 Å². The van der Waals surface area contributed by atoms with E-state index in [-0.39, 0.29) is 17.9 Å². The maximum absolute atomic E-state index is 12.2. The molecule has 1 atom stereocenters. The minimum Gasteiger partial charge on any atom is -0.437 e. The molecule has 6 nitrogen and oxygen atoms in total. The number of hydrogen-bond acceptors (Lipinski definition) is 4. The zero-order valence-corrected chi connectivity index (χ0v) is 17.2. The average Bonchev–Trinajstić information content (AvgIpc) is 3.51. The molecular formula is C22H24ClN3O3. The van der Waals surface area contributed by atoms with Crippen LogP contribution in [-0.4, -0.2) is 29.4 Å². The second-order valence-electron chi connectivity index (χ2n) is 7.18. The predicted molar refractivity (Wildman–Crippen MR) is 113 cm³/mol. The number of pyridine rings is 1. The highest BCUT2D eigenvalue weighted by Crippen LogP contribution is 2.30. The van der Waals surface area contributed by atoms with Crippen LogP contribution in [0.4, 0.5) is 0 Å². The van der Waals surface area contributed by atoms with E-state index in [2.05, 4.69) is 15.6 Å². The number of halogens is 1. The molecule has 0 radical (unpaired) electrons. The minimum atomic E-state index is -0.131. The van der Waals surface area contributed by atoms with Crippen molar-refractivity contribution in [3.05, 3.63) is 58.8 Å². The molecule has 0 saturated heterocycles. The van der Waals surface area contributed by atoms with E-state index >= 15 is 0 Å². The van der Waals surface area contributed by atoms with Crippen molar-refractivity contribution in [1.82, 2.24) is 15.6 Å². The molecule has 1 aliphatic carbocycles. The monoisotopic (exact) mass is 413 g/mol. The van der Waals surface area contributed by atoms with E-state index in [4.69, 9.17) is 16.3 Å². The number of aromatic nitrogens is 1. The van der Waals surface area contributed by atoms with Crippen molar-refractivity contribution in [2.45, 2.75) is 32.7 Å². The number of nitrogens with zero attached hydrogens (tertiary/aromatic N) is 1. The number of hydrogen-bond donors (Lipinski definition) is 2. The fraction of sp³-hybridized carbons (Fsp3) is 0.318. The second-order valence-corrected chi connectivity index (χ2v) is 7.59. The molecule has 1 aromatic carbocycles. The van der Waals surface area contributed by atoms with Gasteiger partial charge in [0.05, 0.1) is 5.02 Å². The Morgan fingerprint density at radius 1 is 1.31 bits per heavy atom. The van der Waals surface area contributed by atoms with Crippen molar-refractivity contribution in [3.8, 4) is 11.6 Å². The molecular weight excluding hydrogens is 390 g/mol. The number of benzene rings is 1. The SMILES string of the molecule is CC(=O)N[C@@H](C)/C=C/c1ccc(Oc2ccc(C(=O)NCC3CC3)cc2Cl)nc1. The van der Waals surface area contributed by atoms with Gasteiger partial charge in [0.1, 0.15) is 5.75 Å². The van der Waals surface area contributed by atoms with Crippen LogP contribution in [-0.2, 0) is 4.79 Å². The lowest BCUT2D eigenvalue weighted by Gasteiger charge is -2.09. The van der Waals surface area contributed by atoms with Crippen LogP contribution in [0.15, 0.2) is 42.6 Å². The molecule has 3 rings (SSSR count). The third-order valence-corrected chi connectivity index (χ3v) is 4.72. The van der Waals surface area contributed by atoms with Gasteiger partial charge in [0.15, 0.2) is 0 Å². The molecule has 2 aromatic rings. The van der Waals surface area contributed by atoms with Gasteiger partial charge in [-0.3, -0.25) is 9.59 Å². The third-order valence-electron chi connectivity index (χ3n) is 4.42. The number of nitrogens with one attached hydrogen (secondary N) is 2. The van der Waals surface area contributed by atoms with Crippen molar-refractivity contribution < 1.29 is 14.3 Å². The van der Waals surface area contributed by atoms with Crippen LogP contribution in [0, 0.1) is 5.92 Å². The number of rotatable bonds is 8. The summed E-state index contributed by atoms with van der Waals surface area (Å²) in [4.78, 5) is 27.4. The molecule has 1 aromatic heterocycles. The van der Waals surface area contributed by atoms with Crippen LogP contribution < -0.4 is 15.4 Å². The molecule has 0 aliphatic heterocycles. The summed E-state index contributed by atoms with van der Waals surface area (Å²) in [6.07, 6.45) is 7.79. The molecule has 1 saturated carbocycles. The number of amides is 2. The zero-order valence-electron chi connectivity index (χ0n) is 16.4.